The highest BCUT2D eigenvalue weighted by molar-refractivity contribution is 7.89. The van der Waals surface area contributed by atoms with Gasteiger partial charge < -0.3 is 10.1 Å². The van der Waals surface area contributed by atoms with E-state index in [-0.39, 0.29) is 10.5 Å². The topological polar surface area (TPSA) is 105 Å². The number of carbonyl (C=O) groups is 1. The van der Waals surface area contributed by atoms with E-state index in [1.165, 1.54) is 16.4 Å². The molecule has 2 aromatic carbocycles. The minimum absolute atomic E-state index is 0.127. The van der Waals surface area contributed by atoms with Gasteiger partial charge in [-0.1, -0.05) is 18.2 Å². The summed E-state index contributed by atoms with van der Waals surface area (Å²) in [6.45, 7) is 4.53. The molecule has 0 aliphatic carbocycles. The number of rotatable bonds is 6. The summed E-state index contributed by atoms with van der Waals surface area (Å²) in [6.07, 6.45) is 1.71. The van der Waals surface area contributed by atoms with Gasteiger partial charge in [-0.05, 0) is 43.2 Å². The van der Waals surface area contributed by atoms with Gasteiger partial charge in [-0.3, -0.25) is 9.69 Å². The summed E-state index contributed by atoms with van der Waals surface area (Å²) in [5, 5.41) is 3.61. The minimum Gasteiger partial charge on any atom is -0.379 e. The summed E-state index contributed by atoms with van der Waals surface area (Å²) in [4.78, 5) is 24.8. The van der Waals surface area contributed by atoms with Crippen LogP contribution in [0, 0.1) is 0 Å². The lowest BCUT2D eigenvalue weighted by atomic mass is 10.2. The van der Waals surface area contributed by atoms with Crippen LogP contribution in [-0.4, -0.2) is 72.9 Å². The molecule has 0 spiro atoms. The molecule has 9 nitrogen and oxygen atoms in total. The van der Waals surface area contributed by atoms with Crippen LogP contribution in [0.2, 0.25) is 0 Å². The van der Waals surface area contributed by atoms with Crippen molar-refractivity contribution in [3.8, 4) is 0 Å². The molecule has 178 valence electrons. The molecule has 2 aliphatic heterocycles. The highest BCUT2D eigenvalue weighted by Crippen LogP contribution is 2.24. The molecule has 34 heavy (non-hydrogen) atoms. The van der Waals surface area contributed by atoms with Crippen molar-refractivity contribution in [1.29, 1.82) is 0 Å². The standard InChI is InChI=1S/C24H27N5O4S/c30-24(18-6-5-7-19(16-18)34(31,32)29-10-3-4-11-29)27-23-20-8-1-2-9-21(20)25-22(26-23)17-28-12-14-33-15-13-28/h1-2,5-9,16H,3-4,10-15,17H2,(H,25,26,27,30). The van der Waals surface area contributed by atoms with Gasteiger partial charge in [-0.15, -0.1) is 0 Å². The van der Waals surface area contributed by atoms with Crippen molar-refractivity contribution in [2.45, 2.75) is 24.3 Å². The molecule has 3 heterocycles. The second kappa shape index (κ2) is 9.75. The van der Waals surface area contributed by atoms with E-state index in [1.54, 1.807) is 12.1 Å². The Morgan fingerprint density at radius 2 is 1.74 bits per heavy atom. The molecule has 3 aromatic rings. The maximum absolute atomic E-state index is 13.2. The van der Waals surface area contributed by atoms with Gasteiger partial charge in [0.2, 0.25) is 10.0 Å². The third kappa shape index (κ3) is 4.80. The number of fused-ring (bicyclic) bond motifs is 1. The number of ether oxygens (including phenoxy) is 1. The average molecular weight is 482 g/mol. The first-order chi connectivity index (χ1) is 16.5. The molecular weight excluding hydrogens is 454 g/mol. The summed E-state index contributed by atoms with van der Waals surface area (Å²) in [5.74, 6) is 0.604. The molecule has 1 N–H and O–H groups in total. The normalized spacial score (nSPS) is 17.8. The van der Waals surface area contributed by atoms with E-state index in [2.05, 4.69) is 20.2 Å². The number of anilines is 1. The number of nitrogens with one attached hydrogen (secondary N) is 1. The van der Waals surface area contributed by atoms with Crippen LogP contribution in [0.25, 0.3) is 10.9 Å². The maximum atomic E-state index is 13.2. The summed E-state index contributed by atoms with van der Waals surface area (Å²) in [7, 11) is -3.61. The molecule has 2 fully saturated rings. The molecule has 1 amide bonds. The molecule has 0 radical (unpaired) electrons. The lowest BCUT2D eigenvalue weighted by Gasteiger charge is -2.26. The second-order valence-corrected chi connectivity index (χ2v) is 10.4. The van der Waals surface area contributed by atoms with Gasteiger partial charge in [0.25, 0.3) is 5.91 Å². The smallest absolute Gasteiger partial charge is 0.256 e. The third-order valence-corrected chi connectivity index (χ3v) is 8.04. The zero-order chi connectivity index (χ0) is 23.5. The van der Waals surface area contributed by atoms with E-state index in [1.807, 2.05) is 24.3 Å². The van der Waals surface area contributed by atoms with Gasteiger partial charge in [-0.2, -0.15) is 4.31 Å². The highest BCUT2D eigenvalue weighted by atomic mass is 32.2. The first-order valence-electron chi connectivity index (χ1n) is 11.5. The van der Waals surface area contributed by atoms with Crippen LogP contribution < -0.4 is 5.32 Å². The number of hydrogen-bond donors (Lipinski definition) is 1. The molecule has 0 atom stereocenters. The van der Waals surface area contributed by atoms with E-state index >= 15 is 0 Å². The Hall–Kier alpha value is -2.92. The lowest BCUT2D eigenvalue weighted by Crippen LogP contribution is -2.36. The molecule has 0 bridgehead atoms. The summed E-state index contributed by atoms with van der Waals surface area (Å²) in [5.41, 5.74) is 0.999. The number of carbonyl (C=O) groups excluding carboxylic acids is 1. The zero-order valence-corrected chi connectivity index (χ0v) is 19.6. The Morgan fingerprint density at radius 1 is 0.971 bits per heavy atom. The third-order valence-electron chi connectivity index (χ3n) is 6.15. The first kappa shape index (κ1) is 22.9. The molecule has 10 heteroatoms. The zero-order valence-electron chi connectivity index (χ0n) is 18.8. The Balaban J connectivity index is 1.42. The largest absolute Gasteiger partial charge is 0.379 e. The van der Waals surface area contributed by atoms with E-state index in [9.17, 15) is 13.2 Å². The van der Waals surface area contributed by atoms with Crippen LogP contribution in [0.3, 0.4) is 0 Å². The molecule has 5 rings (SSSR count). The van der Waals surface area contributed by atoms with Crippen LogP contribution in [-0.2, 0) is 21.3 Å². The van der Waals surface area contributed by atoms with Crippen molar-refractivity contribution in [1.82, 2.24) is 19.2 Å². The maximum Gasteiger partial charge on any atom is 0.256 e. The average Bonchev–Trinajstić information content (AvgIpc) is 3.41. The quantitative estimate of drug-likeness (QED) is 0.577. The van der Waals surface area contributed by atoms with Crippen molar-refractivity contribution in [3.05, 3.63) is 59.9 Å². The summed E-state index contributed by atoms with van der Waals surface area (Å²) in [6, 6.07) is 13.7. The van der Waals surface area contributed by atoms with Gasteiger partial charge in [-0.25, -0.2) is 18.4 Å². The number of para-hydroxylation sites is 1. The van der Waals surface area contributed by atoms with Crippen molar-refractivity contribution in [2.24, 2.45) is 0 Å². The Bertz CT molecular complexity index is 1300. The molecule has 0 saturated carbocycles. The van der Waals surface area contributed by atoms with Crippen molar-refractivity contribution < 1.29 is 17.9 Å². The number of amides is 1. The molecular formula is C24H27N5O4S. The Labute approximate surface area is 198 Å². The van der Waals surface area contributed by atoms with E-state index < -0.39 is 15.9 Å². The lowest BCUT2D eigenvalue weighted by molar-refractivity contribution is 0.0331. The number of morpholine rings is 1. The van der Waals surface area contributed by atoms with Crippen molar-refractivity contribution in [3.63, 3.8) is 0 Å². The molecule has 2 aliphatic rings. The molecule has 0 unspecified atom stereocenters. The number of nitrogens with zero attached hydrogens (tertiary/aromatic N) is 4. The number of hydrogen-bond acceptors (Lipinski definition) is 7. The SMILES string of the molecule is O=C(Nc1nc(CN2CCOCC2)nc2ccccc12)c1cccc(S(=O)(=O)N2CCCC2)c1. The van der Waals surface area contributed by atoms with Crippen LogP contribution in [0.4, 0.5) is 5.82 Å². The number of sulfonamides is 1. The van der Waals surface area contributed by atoms with Gasteiger partial charge in [0, 0.05) is 37.1 Å². The van der Waals surface area contributed by atoms with Crippen LogP contribution >= 0.6 is 0 Å². The number of aromatic nitrogens is 2. The fourth-order valence-corrected chi connectivity index (χ4v) is 5.87. The fraction of sp³-hybridized carbons (Fsp3) is 0.375. The van der Waals surface area contributed by atoms with Gasteiger partial charge in [0.05, 0.1) is 30.2 Å². The summed E-state index contributed by atoms with van der Waals surface area (Å²) < 4.78 is 32.8. The minimum atomic E-state index is -3.61. The predicted octanol–water partition coefficient (Wildman–Crippen LogP) is 2.50. The summed E-state index contributed by atoms with van der Waals surface area (Å²) >= 11 is 0. The second-order valence-electron chi connectivity index (χ2n) is 8.49. The predicted molar refractivity (Wildman–Crippen MR) is 128 cm³/mol. The van der Waals surface area contributed by atoms with Crippen molar-refractivity contribution >= 4 is 32.7 Å². The molecule has 1 aromatic heterocycles. The van der Waals surface area contributed by atoms with Gasteiger partial charge in [0.1, 0.15) is 11.6 Å². The Kier molecular flexibility index (Phi) is 6.55. The Morgan fingerprint density at radius 3 is 2.53 bits per heavy atom. The van der Waals surface area contributed by atoms with Crippen LogP contribution in [0.1, 0.15) is 29.0 Å². The monoisotopic (exact) mass is 481 g/mol. The van der Waals surface area contributed by atoms with Crippen molar-refractivity contribution in [2.75, 3.05) is 44.7 Å². The van der Waals surface area contributed by atoms with E-state index in [4.69, 9.17) is 4.74 Å². The number of benzene rings is 2. The first-order valence-corrected chi connectivity index (χ1v) is 12.9. The highest BCUT2D eigenvalue weighted by Gasteiger charge is 2.27. The fourth-order valence-electron chi connectivity index (χ4n) is 4.31. The van der Waals surface area contributed by atoms with E-state index in [0.29, 0.717) is 44.5 Å². The molecule has 2 saturated heterocycles. The van der Waals surface area contributed by atoms with Crippen LogP contribution in [0.15, 0.2) is 53.4 Å². The van der Waals surface area contributed by atoms with E-state index in [0.717, 1.165) is 36.8 Å². The van der Waals surface area contributed by atoms with Crippen LogP contribution in [0.5, 0.6) is 0 Å². The van der Waals surface area contributed by atoms with Gasteiger partial charge >= 0.3 is 0 Å². The van der Waals surface area contributed by atoms with Gasteiger partial charge in [0.15, 0.2) is 0 Å².